The Morgan fingerprint density at radius 1 is 1.30 bits per heavy atom. The van der Waals surface area contributed by atoms with Crippen LogP contribution >= 0.6 is 0 Å². The van der Waals surface area contributed by atoms with Gasteiger partial charge in [-0.1, -0.05) is 6.07 Å². The molecule has 4 rings (SSSR count). The fourth-order valence-electron chi connectivity index (χ4n) is 3.61. The number of anilines is 2. The molecule has 178 valence electrons. The van der Waals surface area contributed by atoms with E-state index in [4.69, 9.17) is 14.3 Å². The van der Waals surface area contributed by atoms with Crippen LogP contribution in [0, 0.1) is 10.1 Å². The summed E-state index contributed by atoms with van der Waals surface area (Å²) in [6.07, 6.45) is 0.839. The molecule has 0 radical (unpaired) electrons. The number of carbonyl (C=O) groups excluding carboxylic acids is 1. The normalized spacial score (nSPS) is 20.0. The zero-order valence-electron chi connectivity index (χ0n) is 19.1. The van der Waals surface area contributed by atoms with Crippen LogP contribution in [0.25, 0.3) is 0 Å². The predicted molar refractivity (Wildman–Crippen MR) is 119 cm³/mol. The van der Waals surface area contributed by atoms with Gasteiger partial charge in [0, 0.05) is 49.6 Å². The number of nitrogens with one attached hydrogen (secondary N) is 1. The Balaban J connectivity index is 1.33. The number of hydrogen-bond donors (Lipinski definition) is 1. The molecular weight excluding hydrogens is 432 g/mol. The molecule has 2 aliphatic rings. The standard InChI is InChI=1S/C21H28N6O6/c1-20(2,3)32-19(28)25-10-8-24(9-11-25)15-6-5-7-16(12-15)31-14-21(4)23-18-22-13-17(27(29)30)26(18)33-21/h5-7,12-13H,8-11,14H2,1-4H3,(H,22,23). The Hall–Kier alpha value is -3.70. The van der Waals surface area contributed by atoms with Crippen molar-refractivity contribution in [3.8, 4) is 5.75 Å². The predicted octanol–water partition coefficient (Wildman–Crippen LogP) is 2.50. The highest BCUT2D eigenvalue weighted by Crippen LogP contribution is 2.29. The van der Waals surface area contributed by atoms with Gasteiger partial charge in [0.2, 0.25) is 0 Å². The van der Waals surface area contributed by atoms with Crippen molar-refractivity contribution in [3.05, 3.63) is 40.6 Å². The first-order chi connectivity index (χ1) is 15.5. The molecule has 2 aliphatic heterocycles. The van der Waals surface area contributed by atoms with Crippen LogP contribution in [0.4, 0.5) is 22.2 Å². The average Bonchev–Trinajstić information content (AvgIpc) is 3.28. The summed E-state index contributed by atoms with van der Waals surface area (Å²) in [5, 5.41) is 14.1. The third-order valence-corrected chi connectivity index (χ3v) is 5.19. The maximum Gasteiger partial charge on any atom is 0.410 e. The van der Waals surface area contributed by atoms with Crippen LogP contribution in [-0.4, -0.2) is 69.7 Å². The second kappa shape index (κ2) is 8.34. The van der Waals surface area contributed by atoms with Gasteiger partial charge in [0.05, 0.1) is 0 Å². The maximum atomic E-state index is 12.3. The number of piperazine rings is 1. The highest BCUT2D eigenvalue weighted by molar-refractivity contribution is 5.68. The van der Waals surface area contributed by atoms with E-state index in [0.29, 0.717) is 31.9 Å². The van der Waals surface area contributed by atoms with E-state index in [9.17, 15) is 14.9 Å². The smallest absolute Gasteiger partial charge is 0.410 e. The molecule has 12 nitrogen and oxygen atoms in total. The van der Waals surface area contributed by atoms with Crippen molar-refractivity contribution in [2.45, 2.75) is 39.0 Å². The van der Waals surface area contributed by atoms with Gasteiger partial charge in [-0.15, -0.1) is 0 Å². The zero-order chi connectivity index (χ0) is 23.8. The second-order valence-corrected chi connectivity index (χ2v) is 9.18. The number of fused-ring (bicyclic) bond motifs is 1. The summed E-state index contributed by atoms with van der Waals surface area (Å²) in [6, 6.07) is 7.63. The Bertz CT molecular complexity index is 1040. The number of nitrogens with zero attached hydrogens (tertiary/aromatic N) is 5. The number of benzene rings is 1. The minimum absolute atomic E-state index is 0.101. The van der Waals surface area contributed by atoms with Gasteiger partial charge < -0.3 is 29.4 Å². The number of amides is 1. The molecule has 12 heteroatoms. The van der Waals surface area contributed by atoms with Crippen LogP contribution in [-0.2, 0) is 4.74 Å². The number of rotatable bonds is 5. The molecule has 1 N–H and O–H groups in total. The van der Waals surface area contributed by atoms with E-state index >= 15 is 0 Å². The van der Waals surface area contributed by atoms with Gasteiger partial charge in [-0.2, -0.15) is 4.98 Å². The summed E-state index contributed by atoms with van der Waals surface area (Å²) in [4.78, 5) is 36.4. The molecular formula is C21H28N6O6. The maximum absolute atomic E-state index is 12.3. The first-order valence-corrected chi connectivity index (χ1v) is 10.7. The summed E-state index contributed by atoms with van der Waals surface area (Å²) in [7, 11) is 0. The molecule has 2 aromatic rings. The third kappa shape index (κ3) is 5.04. The lowest BCUT2D eigenvalue weighted by Gasteiger charge is -2.36. The van der Waals surface area contributed by atoms with Crippen molar-refractivity contribution in [2.75, 3.05) is 43.0 Å². The van der Waals surface area contributed by atoms with Crippen molar-refractivity contribution < 1.29 is 24.0 Å². The van der Waals surface area contributed by atoms with E-state index in [1.165, 1.54) is 0 Å². The molecule has 1 aromatic heterocycles. The largest absolute Gasteiger partial charge is 0.487 e. The Morgan fingerprint density at radius 2 is 2.03 bits per heavy atom. The fraction of sp³-hybridized carbons (Fsp3) is 0.524. The Kier molecular flexibility index (Phi) is 5.68. The van der Waals surface area contributed by atoms with E-state index in [-0.39, 0.29) is 24.5 Å². The molecule has 1 unspecified atom stereocenters. The molecule has 0 spiro atoms. The van der Waals surface area contributed by atoms with Crippen molar-refractivity contribution in [2.24, 2.45) is 0 Å². The van der Waals surface area contributed by atoms with Gasteiger partial charge in [0.25, 0.3) is 5.72 Å². The van der Waals surface area contributed by atoms with Crippen LogP contribution < -0.4 is 19.8 Å². The summed E-state index contributed by atoms with van der Waals surface area (Å²) >= 11 is 0. The second-order valence-electron chi connectivity index (χ2n) is 9.18. The highest BCUT2D eigenvalue weighted by atomic mass is 16.7. The monoisotopic (exact) mass is 460 g/mol. The number of nitro groups is 1. The first kappa shape index (κ1) is 22.5. The van der Waals surface area contributed by atoms with Crippen LogP contribution in [0.2, 0.25) is 0 Å². The van der Waals surface area contributed by atoms with Gasteiger partial charge in [-0.25, -0.2) is 4.79 Å². The summed E-state index contributed by atoms with van der Waals surface area (Å²) in [5.74, 6) is 0.630. The van der Waals surface area contributed by atoms with Crippen molar-refractivity contribution in [1.82, 2.24) is 14.6 Å². The van der Waals surface area contributed by atoms with E-state index in [0.717, 1.165) is 16.6 Å². The summed E-state index contributed by atoms with van der Waals surface area (Å²) in [6.45, 7) is 9.89. The van der Waals surface area contributed by atoms with Gasteiger partial charge in [-0.3, -0.25) is 10.2 Å². The van der Waals surface area contributed by atoms with E-state index in [1.54, 1.807) is 11.8 Å². The lowest BCUT2D eigenvalue weighted by Crippen LogP contribution is -2.50. The van der Waals surface area contributed by atoms with Gasteiger partial charge in [0.1, 0.15) is 17.5 Å². The highest BCUT2D eigenvalue weighted by Gasteiger charge is 2.44. The molecule has 33 heavy (non-hydrogen) atoms. The van der Waals surface area contributed by atoms with E-state index in [2.05, 4.69) is 15.2 Å². The molecule has 0 bridgehead atoms. The van der Waals surface area contributed by atoms with Crippen LogP contribution in [0.15, 0.2) is 30.5 Å². The number of ether oxygens (including phenoxy) is 2. The number of hydrogen-bond acceptors (Lipinski definition) is 9. The van der Waals surface area contributed by atoms with E-state index in [1.807, 2.05) is 45.0 Å². The molecule has 1 aromatic carbocycles. The van der Waals surface area contributed by atoms with Crippen molar-refractivity contribution >= 4 is 23.5 Å². The summed E-state index contributed by atoms with van der Waals surface area (Å²) < 4.78 is 12.4. The lowest BCUT2D eigenvalue weighted by molar-refractivity contribution is -0.397. The molecule has 0 saturated carbocycles. The van der Waals surface area contributed by atoms with Crippen molar-refractivity contribution in [3.63, 3.8) is 0 Å². The van der Waals surface area contributed by atoms with Crippen LogP contribution in [0.5, 0.6) is 5.75 Å². The van der Waals surface area contributed by atoms with E-state index < -0.39 is 16.2 Å². The number of imidazole rings is 1. The lowest BCUT2D eigenvalue weighted by atomic mass is 10.2. The molecule has 3 heterocycles. The molecule has 1 saturated heterocycles. The molecule has 1 amide bonds. The van der Waals surface area contributed by atoms with Gasteiger partial charge >= 0.3 is 17.9 Å². The minimum Gasteiger partial charge on any atom is -0.487 e. The van der Waals surface area contributed by atoms with Crippen molar-refractivity contribution in [1.29, 1.82) is 0 Å². The van der Waals surface area contributed by atoms with Gasteiger partial charge in [0.15, 0.2) is 6.61 Å². The quantitative estimate of drug-likeness (QED) is 0.529. The van der Waals surface area contributed by atoms with Crippen LogP contribution in [0.3, 0.4) is 0 Å². The Morgan fingerprint density at radius 3 is 2.70 bits per heavy atom. The SMILES string of the molecule is CC(C)(C)OC(=O)N1CCN(c2cccc(OCC3(C)Nc4ncc([N+](=O)[O-])n4O3)c2)CC1. The number of aromatic nitrogens is 2. The molecule has 0 aliphatic carbocycles. The zero-order valence-corrected chi connectivity index (χ0v) is 19.1. The van der Waals surface area contributed by atoms with Crippen LogP contribution in [0.1, 0.15) is 27.7 Å². The fourth-order valence-corrected chi connectivity index (χ4v) is 3.61. The minimum atomic E-state index is -1.01. The average molecular weight is 460 g/mol. The summed E-state index contributed by atoms with van der Waals surface area (Å²) in [5.41, 5.74) is -0.549. The first-order valence-electron chi connectivity index (χ1n) is 10.7. The molecule has 1 fully saturated rings. The third-order valence-electron chi connectivity index (χ3n) is 5.19. The topological polar surface area (TPSA) is 124 Å². The van der Waals surface area contributed by atoms with Gasteiger partial charge in [-0.05, 0) is 37.8 Å². The Labute approximate surface area is 191 Å². The molecule has 1 atom stereocenters. The number of carbonyl (C=O) groups is 1.